The van der Waals surface area contributed by atoms with Crippen LogP contribution < -0.4 is 5.32 Å². The fourth-order valence-electron chi connectivity index (χ4n) is 2.57. The van der Waals surface area contributed by atoms with Crippen molar-refractivity contribution in [2.45, 2.75) is 45.6 Å². The highest BCUT2D eigenvalue weighted by atomic mass is 32.1. The zero-order valence-corrected chi connectivity index (χ0v) is 14.0. The van der Waals surface area contributed by atoms with E-state index < -0.39 is 6.10 Å². The molecule has 2 unspecified atom stereocenters. The van der Waals surface area contributed by atoms with E-state index in [0.29, 0.717) is 29.5 Å². The third kappa shape index (κ3) is 3.76. The van der Waals surface area contributed by atoms with Gasteiger partial charge in [0.2, 0.25) is 0 Å². The summed E-state index contributed by atoms with van der Waals surface area (Å²) in [7, 11) is 0. The fourth-order valence-corrected chi connectivity index (χ4v) is 3.94. The van der Waals surface area contributed by atoms with Gasteiger partial charge in [0, 0.05) is 4.88 Å². The van der Waals surface area contributed by atoms with Crippen LogP contribution in [-0.4, -0.2) is 18.6 Å². The molecule has 22 heavy (non-hydrogen) atoms. The Morgan fingerprint density at radius 3 is 3.14 bits per heavy atom. The van der Waals surface area contributed by atoms with Crippen molar-refractivity contribution in [3.05, 3.63) is 28.7 Å². The quantitative estimate of drug-likeness (QED) is 0.643. The number of nitriles is 1. The lowest BCUT2D eigenvalue weighted by molar-refractivity contribution is -0.126. The van der Waals surface area contributed by atoms with Crippen LogP contribution in [0.2, 0.25) is 0 Å². The van der Waals surface area contributed by atoms with Crippen LogP contribution in [0.3, 0.4) is 0 Å². The largest absolute Gasteiger partial charge is 0.368 e. The average Bonchev–Trinajstić information content (AvgIpc) is 2.83. The van der Waals surface area contributed by atoms with Crippen molar-refractivity contribution in [3.8, 4) is 6.07 Å². The Labute approximate surface area is 135 Å². The monoisotopic (exact) mass is 318 g/mol. The molecule has 1 aliphatic rings. The molecule has 1 aromatic heterocycles. The summed E-state index contributed by atoms with van der Waals surface area (Å²) in [6, 6.07) is 2.26. The number of hydrogen-bond acceptors (Lipinski definition) is 4. The number of carbonyl (C=O) groups excluding carboxylic acids is 1. The Kier molecular flexibility index (Phi) is 5.76. The first kappa shape index (κ1) is 16.7. The van der Waals surface area contributed by atoms with Crippen LogP contribution in [0.5, 0.6) is 0 Å². The molecule has 0 saturated heterocycles. The van der Waals surface area contributed by atoms with Crippen LogP contribution in [0.15, 0.2) is 12.7 Å². The second-order valence-electron chi connectivity index (χ2n) is 5.75. The van der Waals surface area contributed by atoms with Crippen LogP contribution in [0, 0.1) is 17.2 Å². The van der Waals surface area contributed by atoms with Gasteiger partial charge in [0.25, 0.3) is 5.91 Å². The van der Waals surface area contributed by atoms with Crippen molar-refractivity contribution >= 4 is 22.2 Å². The first-order valence-electron chi connectivity index (χ1n) is 7.64. The summed E-state index contributed by atoms with van der Waals surface area (Å²) in [6.07, 6.45) is 4.96. The molecule has 118 valence electrons. The molecule has 0 fully saturated rings. The number of rotatable bonds is 6. The fraction of sp³-hybridized carbons (Fsp3) is 0.529. The molecule has 1 aromatic rings. The summed E-state index contributed by atoms with van der Waals surface area (Å²) >= 11 is 1.54. The van der Waals surface area contributed by atoms with E-state index in [-0.39, 0.29) is 5.91 Å². The van der Waals surface area contributed by atoms with E-state index in [0.717, 1.165) is 24.8 Å². The van der Waals surface area contributed by atoms with E-state index in [1.54, 1.807) is 13.0 Å². The molecule has 1 N–H and O–H groups in total. The Bertz CT molecular complexity index is 601. The van der Waals surface area contributed by atoms with Gasteiger partial charge in [-0.25, -0.2) is 0 Å². The highest BCUT2D eigenvalue weighted by Gasteiger charge is 2.25. The summed E-state index contributed by atoms with van der Waals surface area (Å²) in [5.74, 6) is 0.439. The molecule has 5 heteroatoms. The van der Waals surface area contributed by atoms with E-state index in [1.165, 1.54) is 16.2 Å². The summed E-state index contributed by atoms with van der Waals surface area (Å²) in [5.41, 5.74) is 1.76. The number of amides is 1. The number of anilines is 1. The number of nitrogens with zero attached hydrogens (tertiary/aromatic N) is 1. The standard InChI is InChI=1S/C17H22N2O2S/c1-4-5-8-21-12(3)16(20)19-17-14(10-18)13-7-6-11(2)9-15(13)22-17/h4,11-12H,1,5-9H2,2-3H3,(H,19,20). The molecular weight excluding hydrogens is 296 g/mol. The number of hydrogen-bond donors (Lipinski definition) is 1. The summed E-state index contributed by atoms with van der Waals surface area (Å²) in [5, 5.41) is 13.0. The lowest BCUT2D eigenvalue weighted by Gasteiger charge is -2.17. The average molecular weight is 318 g/mol. The molecule has 1 amide bonds. The smallest absolute Gasteiger partial charge is 0.253 e. The normalized spacial score (nSPS) is 18.1. The molecule has 2 atom stereocenters. The predicted octanol–water partition coefficient (Wildman–Crippen LogP) is 3.66. The maximum absolute atomic E-state index is 12.2. The van der Waals surface area contributed by atoms with Crippen LogP contribution in [0.25, 0.3) is 0 Å². The molecule has 0 bridgehead atoms. The van der Waals surface area contributed by atoms with Crippen molar-refractivity contribution in [1.82, 2.24) is 0 Å². The molecule has 0 aromatic carbocycles. The lowest BCUT2D eigenvalue weighted by Crippen LogP contribution is -2.28. The van der Waals surface area contributed by atoms with Crippen LogP contribution in [-0.2, 0) is 22.4 Å². The number of nitrogens with one attached hydrogen (secondary N) is 1. The van der Waals surface area contributed by atoms with Gasteiger partial charge in [-0.15, -0.1) is 17.9 Å². The van der Waals surface area contributed by atoms with Crippen molar-refractivity contribution in [1.29, 1.82) is 5.26 Å². The highest BCUT2D eigenvalue weighted by Crippen LogP contribution is 2.39. The third-order valence-electron chi connectivity index (χ3n) is 3.92. The number of carbonyl (C=O) groups is 1. The van der Waals surface area contributed by atoms with Gasteiger partial charge in [0.1, 0.15) is 17.2 Å². The molecule has 0 saturated carbocycles. The summed E-state index contributed by atoms with van der Waals surface area (Å²) < 4.78 is 5.45. The van der Waals surface area contributed by atoms with Gasteiger partial charge < -0.3 is 10.1 Å². The van der Waals surface area contributed by atoms with Crippen molar-refractivity contribution in [2.24, 2.45) is 5.92 Å². The Hall–Kier alpha value is -1.64. The zero-order valence-electron chi connectivity index (χ0n) is 13.1. The van der Waals surface area contributed by atoms with E-state index >= 15 is 0 Å². The molecular formula is C17H22N2O2S. The van der Waals surface area contributed by atoms with E-state index in [9.17, 15) is 10.1 Å². The Morgan fingerprint density at radius 2 is 2.45 bits per heavy atom. The van der Waals surface area contributed by atoms with Crippen LogP contribution in [0.4, 0.5) is 5.00 Å². The molecule has 0 radical (unpaired) electrons. The van der Waals surface area contributed by atoms with Crippen molar-refractivity contribution in [2.75, 3.05) is 11.9 Å². The Balaban J connectivity index is 2.08. The van der Waals surface area contributed by atoms with Gasteiger partial charge >= 0.3 is 0 Å². The van der Waals surface area contributed by atoms with Gasteiger partial charge in [-0.3, -0.25) is 4.79 Å². The van der Waals surface area contributed by atoms with Gasteiger partial charge in [0.05, 0.1) is 12.2 Å². The molecule has 4 nitrogen and oxygen atoms in total. The van der Waals surface area contributed by atoms with Crippen LogP contribution >= 0.6 is 11.3 Å². The SMILES string of the molecule is C=CCCOC(C)C(=O)Nc1sc2c(c1C#N)CCC(C)C2. The van der Waals surface area contributed by atoms with E-state index in [2.05, 4.69) is 24.9 Å². The number of thiophene rings is 1. The molecule has 0 aliphatic heterocycles. The minimum absolute atomic E-state index is 0.202. The first-order chi connectivity index (χ1) is 10.6. The molecule has 1 aliphatic carbocycles. The van der Waals surface area contributed by atoms with E-state index in [1.807, 2.05) is 0 Å². The third-order valence-corrected chi connectivity index (χ3v) is 5.09. The van der Waals surface area contributed by atoms with Gasteiger partial charge in [-0.05, 0) is 44.1 Å². The maximum Gasteiger partial charge on any atom is 0.253 e. The predicted molar refractivity (Wildman–Crippen MR) is 89.1 cm³/mol. The topological polar surface area (TPSA) is 62.1 Å². The van der Waals surface area contributed by atoms with Gasteiger partial charge in [-0.1, -0.05) is 13.0 Å². The lowest BCUT2D eigenvalue weighted by atomic mass is 9.88. The highest BCUT2D eigenvalue weighted by molar-refractivity contribution is 7.16. The minimum atomic E-state index is -0.537. The zero-order chi connectivity index (χ0) is 16.1. The van der Waals surface area contributed by atoms with Gasteiger partial charge in [-0.2, -0.15) is 5.26 Å². The molecule has 2 rings (SSSR count). The summed E-state index contributed by atoms with van der Waals surface area (Å²) in [4.78, 5) is 13.4. The first-order valence-corrected chi connectivity index (χ1v) is 8.46. The molecule has 1 heterocycles. The van der Waals surface area contributed by atoms with Crippen molar-refractivity contribution in [3.63, 3.8) is 0 Å². The summed E-state index contributed by atoms with van der Waals surface area (Å²) in [6.45, 7) is 8.04. The van der Waals surface area contributed by atoms with E-state index in [4.69, 9.17) is 4.74 Å². The minimum Gasteiger partial charge on any atom is -0.368 e. The van der Waals surface area contributed by atoms with Crippen LogP contribution in [0.1, 0.15) is 42.7 Å². The Morgan fingerprint density at radius 1 is 1.68 bits per heavy atom. The van der Waals surface area contributed by atoms with Crippen molar-refractivity contribution < 1.29 is 9.53 Å². The second kappa shape index (κ2) is 7.57. The maximum atomic E-state index is 12.2. The number of fused-ring (bicyclic) bond motifs is 1. The van der Waals surface area contributed by atoms with Gasteiger partial charge in [0.15, 0.2) is 0 Å². The number of ether oxygens (including phenoxy) is 1. The molecule has 0 spiro atoms. The second-order valence-corrected chi connectivity index (χ2v) is 6.85.